The molecule has 1 unspecified atom stereocenters. The highest BCUT2D eigenvalue weighted by Gasteiger charge is 2.19. The standard InChI is InChI=1S/C21H29N3O3S/c1-7-24(10-16(5)20(26)27-6)11-18(25)23-21-22-17(12-28-21)19-14(3)8-13(2)9-15(19)4/h8-9,12,16H,7,10-11H2,1-6H3,(H,22,23,25). The van der Waals surface area contributed by atoms with Crippen molar-refractivity contribution in [3.63, 3.8) is 0 Å². The number of anilines is 1. The number of aromatic nitrogens is 1. The Labute approximate surface area is 170 Å². The number of hydrogen-bond donors (Lipinski definition) is 1. The molecule has 7 heteroatoms. The Kier molecular flexibility index (Phi) is 7.71. The second-order valence-electron chi connectivity index (χ2n) is 7.11. The Balaban J connectivity index is 2.03. The Morgan fingerprint density at radius 2 is 1.89 bits per heavy atom. The summed E-state index contributed by atoms with van der Waals surface area (Å²) in [6, 6.07) is 4.28. The van der Waals surface area contributed by atoms with Gasteiger partial charge in [0.2, 0.25) is 5.91 Å². The summed E-state index contributed by atoms with van der Waals surface area (Å²) < 4.78 is 4.75. The lowest BCUT2D eigenvalue weighted by molar-refractivity contribution is -0.145. The molecule has 0 aliphatic heterocycles. The SMILES string of the molecule is CCN(CC(=O)Nc1nc(-c2c(C)cc(C)cc2C)cs1)CC(C)C(=O)OC. The van der Waals surface area contributed by atoms with Gasteiger partial charge in [-0.25, -0.2) is 4.98 Å². The van der Waals surface area contributed by atoms with E-state index < -0.39 is 0 Å². The molecule has 1 heterocycles. The number of benzene rings is 1. The average Bonchev–Trinajstić information content (AvgIpc) is 3.06. The fraction of sp³-hybridized carbons (Fsp3) is 0.476. The van der Waals surface area contributed by atoms with E-state index in [0.717, 1.165) is 11.3 Å². The highest BCUT2D eigenvalue weighted by molar-refractivity contribution is 7.14. The Morgan fingerprint density at radius 1 is 1.25 bits per heavy atom. The molecule has 1 N–H and O–H groups in total. The predicted molar refractivity (Wildman–Crippen MR) is 114 cm³/mol. The topological polar surface area (TPSA) is 71.5 Å². The van der Waals surface area contributed by atoms with Crippen LogP contribution < -0.4 is 5.32 Å². The van der Waals surface area contributed by atoms with Gasteiger partial charge in [0.25, 0.3) is 0 Å². The predicted octanol–water partition coefficient (Wildman–Crippen LogP) is 3.80. The number of ether oxygens (including phenoxy) is 1. The zero-order valence-corrected chi connectivity index (χ0v) is 18.3. The third kappa shape index (κ3) is 5.62. The summed E-state index contributed by atoms with van der Waals surface area (Å²) >= 11 is 1.42. The van der Waals surface area contributed by atoms with E-state index >= 15 is 0 Å². The normalized spacial score (nSPS) is 12.1. The van der Waals surface area contributed by atoms with Crippen LogP contribution in [-0.4, -0.2) is 48.5 Å². The van der Waals surface area contributed by atoms with Crippen molar-refractivity contribution < 1.29 is 14.3 Å². The fourth-order valence-electron chi connectivity index (χ4n) is 3.36. The molecule has 1 amide bonds. The highest BCUT2D eigenvalue weighted by Crippen LogP contribution is 2.31. The third-order valence-corrected chi connectivity index (χ3v) is 5.39. The molecule has 0 radical (unpaired) electrons. The number of amides is 1. The zero-order chi connectivity index (χ0) is 20.8. The lowest BCUT2D eigenvalue weighted by atomic mass is 9.98. The van der Waals surface area contributed by atoms with E-state index in [4.69, 9.17) is 4.74 Å². The molecular weight excluding hydrogens is 374 g/mol. The van der Waals surface area contributed by atoms with Gasteiger partial charge in [-0.1, -0.05) is 31.5 Å². The van der Waals surface area contributed by atoms with Crippen LogP contribution in [0.1, 0.15) is 30.5 Å². The van der Waals surface area contributed by atoms with Gasteiger partial charge < -0.3 is 10.1 Å². The van der Waals surface area contributed by atoms with Gasteiger partial charge in [-0.2, -0.15) is 0 Å². The van der Waals surface area contributed by atoms with Crippen LogP contribution in [0.2, 0.25) is 0 Å². The fourth-order valence-corrected chi connectivity index (χ4v) is 4.08. The molecule has 6 nitrogen and oxygen atoms in total. The maximum atomic E-state index is 12.4. The number of rotatable bonds is 8. The van der Waals surface area contributed by atoms with Crippen molar-refractivity contribution in [1.82, 2.24) is 9.88 Å². The highest BCUT2D eigenvalue weighted by atomic mass is 32.1. The van der Waals surface area contributed by atoms with Gasteiger partial charge in [-0.15, -0.1) is 11.3 Å². The van der Waals surface area contributed by atoms with Gasteiger partial charge in [0, 0.05) is 17.5 Å². The number of likely N-dealkylation sites (N-methyl/N-ethyl adjacent to an activating group) is 1. The number of aryl methyl sites for hydroxylation is 3. The number of thiazole rings is 1. The summed E-state index contributed by atoms with van der Waals surface area (Å²) in [5, 5.41) is 5.42. The number of nitrogens with one attached hydrogen (secondary N) is 1. The summed E-state index contributed by atoms with van der Waals surface area (Å²) in [5.74, 6) is -0.693. The average molecular weight is 404 g/mol. The van der Waals surface area contributed by atoms with E-state index in [9.17, 15) is 9.59 Å². The summed E-state index contributed by atoms with van der Waals surface area (Å²) in [5.41, 5.74) is 5.57. The molecule has 2 rings (SSSR count). The van der Waals surface area contributed by atoms with Gasteiger partial charge in [0.15, 0.2) is 5.13 Å². The second kappa shape index (κ2) is 9.80. The van der Waals surface area contributed by atoms with Crippen molar-refractivity contribution in [2.75, 3.05) is 32.1 Å². The molecule has 1 atom stereocenters. The molecule has 28 heavy (non-hydrogen) atoms. The first-order chi connectivity index (χ1) is 13.2. The van der Waals surface area contributed by atoms with Gasteiger partial charge in [-0.05, 0) is 38.4 Å². The Hall–Kier alpha value is -2.25. The van der Waals surface area contributed by atoms with Crippen molar-refractivity contribution in [1.29, 1.82) is 0 Å². The summed E-state index contributed by atoms with van der Waals surface area (Å²) in [6.07, 6.45) is 0. The first kappa shape index (κ1) is 22.0. The molecule has 152 valence electrons. The van der Waals surface area contributed by atoms with Crippen molar-refractivity contribution in [3.8, 4) is 11.3 Å². The zero-order valence-electron chi connectivity index (χ0n) is 17.5. The van der Waals surface area contributed by atoms with Crippen molar-refractivity contribution in [3.05, 3.63) is 34.2 Å². The first-order valence-electron chi connectivity index (χ1n) is 9.38. The van der Waals surface area contributed by atoms with Crippen LogP contribution in [0.15, 0.2) is 17.5 Å². The van der Waals surface area contributed by atoms with Crippen molar-refractivity contribution >= 4 is 28.3 Å². The van der Waals surface area contributed by atoms with Gasteiger partial charge in [-0.3, -0.25) is 14.5 Å². The van der Waals surface area contributed by atoms with E-state index in [1.807, 2.05) is 17.2 Å². The molecule has 0 fully saturated rings. The monoisotopic (exact) mass is 403 g/mol. The smallest absolute Gasteiger partial charge is 0.309 e. The number of esters is 1. The molecule has 0 saturated carbocycles. The van der Waals surface area contributed by atoms with E-state index in [2.05, 4.69) is 43.2 Å². The summed E-state index contributed by atoms with van der Waals surface area (Å²) in [4.78, 5) is 30.5. The number of carbonyl (C=O) groups excluding carboxylic acids is 2. The van der Waals surface area contributed by atoms with Crippen molar-refractivity contribution in [2.24, 2.45) is 5.92 Å². The minimum atomic E-state index is -0.281. The maximum absolute atomic E-state index is 12.4. The van der Waals surface area contributed by atoms with E-state index in [1.165, 1.54) is 35.1 Å². The number of carbonyl (C=O) groups is 2. The van der Waals surface area contributed by atoms with E-state index in [1.54, 1.807) is 6.92 Å². The minimum Gasteiger partial charge on any atom is -0.469 e. The van der Waals surface area contributed by atoms with Gasteiger partial charge >= 0.3 is 5.97 Å². The van der Waals surface area contributed by atoms with Crippen LogP contribution >= 0.6 is 11.3 Å². The summed E-state index contributed by atoms with van der Waals surface area (Å²) in [7, 11) is 1.37. The summed E-state index contributed by atoms with van der Waals surface area (Å²) in [6.45, 7) is 11.3. The van der Waals surface area contributed by atoms with E-state index in [0.29, 0.717) is 18.2 Å². The second-order valence-corrected chi connectivity index (χ2v) is 7.97. The third-order valence-electron chi connectivity index (χ3n) is 4.63. The molecule has 0 aliphatic rings. The molecule has 2 aromatic rings. The molecule has 0 aliphatic carbocycles. The molecular formula is C21H29N3O3S. The molecule has 1 aromatic heterocycles. The maximum Gasteiger partial charge on any atom is 0.309 e. The number of methoxy groups -OCH3 is 1. The largest absolute Gasteiger partial charge is 0.469 e. The van der Waals surface area contributed by atoms with Crippen LogP contribution in [0.25, 0.3) is 11.3 Å². The lowest BCUT2D eigenvalue weighted by Crippen LogP contribution is -2.38. The van der Waals surface area contributed by atoms with Crippen LogP contribution in [0.5, 0.6) is 0 Å². The number of nitrogens with zero attached hydrogens (tertiary/aromatic N) is 2. The van der Waals surface area contributed by atoms with Crippen LogP contribution in [0.4, 0.5) is 5.13 Å². The Bertz CT molecular complexity index is 824. The molecule has 1 aromatic carbocycles. The Morgan fingerprint density at radius 3 is 2.46 bits per heavy atom. The van der Waals surface area contributed by atoms with Crippen LogP contribution in [0.3, 0.4) is 0 Å². The molecule has 0 saturated heterocycles. The van der Waals surface area contributed by atoms with Gasteiger partial charge in [0.1, 0.15) is 0 Å². The molecule has 0 bridgehead atoms. The minimum absolute atomic E-state index is 0.142. The quantitative estimate of drug-likeness (QED) is 0.679. The molecule has 0 spiro atoms. The van der Waals surface area contributed by atoms with Crippen molar-refractivity contribution in [2.45, 2.75) is 34.6 Å². The van der Waals surface area contributed by atoms with Gasteiger partial charge in [0.05, 0.1) is 25.3 Å². The lowest BCUT2D eigenvalue weighted by Gasteiger charge is -2.22. The van der Waals surface area contributed by atoms with E-state index in [-0.39, 0.29) is 24.3 Å². The first-order valence-corrected chi connectivity index (χ1v) is 10.3. The van der Waals surface area contributed by atoms with Crippen LogP contribution in [-0.2, 0) is 14.3 Å². The number of hydrogen-bond acceptors (Lipinski definition) is 6. The van der Waals surface area contributed by atoms with Crippen LogP contribution in [0, 0.1) is 26.7 Å².